The fourth-order valence-electron chi connectivity index (χ4n) is 3.06. The smallest absolute Gasteiger partial charge is 0.251 e. The number of rotatable bonds is 6. The maximum Gasteiger partial charge on any atom is 0.251 e. The van der Waals surface area contributed by atoms with Crippen LogP contribution >= 0.6 is 0 Å². The number of benzene rings is 1. The summed E-state index contributed by atoms with van der Waals surface area (Å²) < 4.78 is 33.1. The fraction of sp³-hybridized carbons (Fsp3) is 0.350. The van der Waals surface area contributed by atoms with Gasteiger partial charge in [-0.3, -0.25) is 0 Å². The lowest BCUT2D eigenvalue weighted by Crippen LogP contribution is -2.38. The second-order valence-electron chi connectivity index (χ2n) is 6.79. The van der Waals surface area contributed by atoms with Crippen LogP contribution in [0.15, 0.2) is 42.1 Å². The topological polar surface area (TPSA) is 105 Å². The van der Waals surface area contributed by atoms with E-state index >= 15 is 0 Å². The predicted octanol–water partition coefficient (Wildman–Crippen LogP) is 2.94. The summed E-state index contributed by atoms with van der Waals surface area (Å²) in [5.41, 5.74) is 2.12. The zero-order valence-electron chi connectivity index (χ0n) is 15.6. The van der Waals surface area contributed by atoms with Gasteiger partial charge >= 0.3 is 0 Å². The van der Waals surface area contributed by atoms with Crippen molar-refractivity contribution in [3.63, 3.8) is 0 Å². The number of nitrogens with zero attached hydrogens (tertiary/aromatic N) is 3. The van der Waals surface area contributed by atoms with Crippen LogP contribution in [0.25, 0.3) is 6.08 Å². The number of sulfonamides is 1. The molecule has 7 nitrogen and oxygen atoms in total. The molecule has 0 atom stereocenters. The molecule has 146 valence electrons. The third-order valence-corrected chi connectivity index (χ3v) is 5.73. The van der Waals surface area contributed by atoms with Crippen molar-refractivity contribution in [2.45, 2.75) is 44.8 Å². The number of hydrogen-bond donors (Lipinski definition) is 1. The molecule has 2 aromatic rings. The summed E-state index contributed by atoms with van der Waals surface area (Å²) in [5, 5.41) is 10.3. The highest BCUT2D eigenvalue weighted by molar-refractivity contribution is 7.92. The number of aryl methyl sites for hydroxylation is 1. The first-order valence-corrected chi connectivity index (χ1v) is 10.6. The molecule has 1 saturated carbocycles. The van der Waals surface area contributed by atoms with Crippen LogP contribution in [0, 0.1) is 18.3 Å². The Morgan fingerprint density at radius 1 is 1.14 bits per heavy atom. The van der Waals surface area contributed by atoms with E-state index in [1.54, 1.807) is 6.08 Å². The SMILES string of the molecule is Cc1ccc(/C=C/S(=O)(=O)NC2CCC(Oc3nccnc3C#N)CC2)cc1. The quantitative estimate of drug-likeness (QED) is 0.802. The molecule has 1 aromatic heterocycles. The van der Waals surface area contributed by atoms with Gasteiger partial charge in [-0.05, 0) is 44.2 Å². The number of aromatic nitrogens is 2. The van der Waals surface area contributed by atoms with Crippen molar-refractivity contribution >= 4 is 16.1 Å². The minimum atomic E-state index is -3.51. The van der Waals surface area contributed by atoms with Crippen LogP contribution in [0.5, 0.6) is 5.88 Å². The highest BCUT2D eigenvalue weighted by Crippen LogP contribution is 2.24. The zero-order chi connectivity index (χ0) is 20.0. The van der Waals surface area contributed by atoms with Gasteiger partial charge in [0.15, 0.2) is 0 Å². The second kappa shape index (κ2) is 8.95. The molecule has 1 aromatic carbocycles. The van der Waals surface area contributed by atoms with Gasteiger partial charge in [0, 0.05) is 23.8 Å². The minimum Gasteiger partial charge on any atom is -0.472 e. The van der Waals surface area contributed by atoms with E-state index in [4.69, 9.17) is 10.00 Å². The summed E-state index contributed by atoms with van der Waals surface area (Å²) in [6.45, 7) is 1.98. The first kappa shape index (κ1) is 20.0. The largest absolute Gasteiger partial charge is 0.472 e. The van der Waals surface area contributed by atoms with Crippen molar-refractivity contribution in [1.82, 2.24) is 14.7 Å². The molecule has 0 bridgehead atoms. The monoisotopic (exact) mass is 398 g/mol. The molecule has 1 fully saturated rings. The maximum atomic E-state index is 12.3. The molecule has 0 radical (unpaired) electrons. The van der Waals surface area contributed by atoms with E-state index in [1.165, 1.54) is 17.8 Å². The number of hydrogen-bond acceptors (Lipinski definition) is 6. The lowest BCUT2D eigenvalue weighted by atomic mass is 9.94. The van der Waals surface area contributed by atoms with Crippen molar-refractivity contribution in [2.75, 3.05) is 0 Å². The molecule has 0 aliphatic heterocycles. The van der Waals surface area contributed by atoms with Gasteiger partial charge in [0.1, 0.15) is 12.2 Å². The normalized spacial score (nSPS) is 20.0. The Hall–Kier alpha value is -2.76. The second-order valence-corrected chi connectivity index (χ2v) is 8.39. The molecule has 0 spiro atoms. The van der Waals surface area contributed by atoms with Crippen molar-refractivity contribution < 1.29 is 13.2 Å². The minimum absolute atomic E-state index is 0.104. The van der Waals surface area contributed by atoms with Crippen LogP contribution in [0.1, 0.15) is 42.5 Å². The Bertz CT molecular complexity index is 973. The Labute approximate surface area is 165 Å². The van der Waals surface area contributed by atoms with Crippen LogP contribution in [0.2, 0.25) is 0 Å². The lowest BCUT2D eigenvalue weighted by Gasteiger charge is -2.28. The van der Waals surface area contributed by atoms with Crippen molar-refractivity contribution in [3.05, 3.63) is 58.9 Å². The number of ether oxygens (including phenoxy) is 1. The van der Waals surface area contributed by atoms with Crippen molar-refractivity contribution in [2.24, 2.45) is 0 Å². The predicted molar refractivity (Wildman–Crippen MR) is 106 cm³/mol. The summed E-state index contributed by atoms with van der Waals surface area (Å²) in [5.74, 6) is 0.232. The molecule has 1 aliphatic rings. The van der Waals surface area contributed by atoms with Crippen molar-refractivity contribution in [3.8, 4) is 11.9 Å². The molecule has 0 saturated heterocycles. The molecule has 8 heteroatoms. The fourth-order valence-corrected chi connectivity index (χ4v) is 4.18. The highest BCUT2D eigenvalue weighted by atomic mass is 32.2. The average molecular weight is 398 g/mol. The number of nitrogens with one attached hydrogen (secondary N) is 1. The van der Waals surface area contributed by atoms with E-state index in [0.717, 1.165) is 11.1 Å². The Kier molecular flexibility index (Phi) is 6.39. The van der Waals surface area contributed by atoms with E-state index < -0.39 is 10.0 Å². The van der Waals surface area contributed by atoms with E-state index in [-0.39, 0.29) is 23.7 Å². The van der Waals surface area contributed by atoms with Gasteiger partial charge in [-0.25, -0.2) is 23.1 Å². The average Bonchev–Trinajstić information content (AvgIpc) is 2.69. The van der Waals surface area contributed by atoms with Crippen LogP contribution in [-0.2, 0) is 10.0 Å². The van der Waals surface area contributed by atoms with E-state index in [0.29, 0.717) is 25.7 Å². The summed E-state index contributed by atoms with van der Waals surface area (Å²) in [4.78, 5) is 7.98. The van der Waals surface area contributed by atoms with Crippen LogP contribution < -0.4 is 9.46 Å². The molecule has 0 unspecified atom stereocenters. The Morgan fingerprint density at radius 3 is 2.50 bits per heavy atom. The first-order chi connectivity index (χ1) is 13.4. The van der Waals surface area contributed by atoms with Gasteiger partial charge in [-0.1, -0.05) is 29.8 Å². The molecular weight excluding hydrogens is 376 g/mol. The summed E-state index contributed by atoms with van der Waals surface area (Å²) in [6.07, 6.45) is 7.08. The van der Waals surface area contributed by atoms with Gasteiger partial charge in [-0.2, -0.15) is 5.26 Å². The van der Waals surface area contributed by atoms with E-state index in [9.17, 15) is 8.42 Å². The summed E-state index contributed by atoms with van der Waals surface area (Å²) in [6, 6.07) is 9.47. The molecule has 1 aliphatic carbocycles. The zero-order valence-corrected chi connectivity index (χ0v) is 16.4. The first-order valence-electron chi connectivity index (χ1n) is 9.10. The van der Waals surface area contributed by atoms with Gasteiger partial charge < -0.3 is 4.74 Å². The van der Waals surface area contributed by atoms with Gasteiger partial charge in [0.05, 0.1) is 0 Å². The van der Waals surface area contributed by atoms with Gasteiger partial charge in [0.25, 0.3) is 5.88 Å². The number of nitriles is 1. The molecule has 28 heavy (non-hydrogen) atoms. The molecule has 0 amide bonds. The Balaban J connectivity index is 1.52. The maximum absolute atomic E-state index is 12.3. The van der Waals surface area contributed by atoms with Gasteiger partial charge in [0.2, 0.25) is 15.7 Å². The van der Waals surface area contributed by atoms with Crippen LogP contribution in [0.4, 0.5) is 0 Å². The highest BCUT2D eigenvalue weighted by Gasteiger charge is 2.26. The Morgan fingerprint density at radius 2 is 1.82 bits per heavy atom. The van der Waals surface area contributed by atoms with E-state index in [1.807, 2.05) is 37.3 Å². The third-order valence-electron chi connectivity index (χ3n) is 4.57. The third kappa shape index (κ3) is 5.62. The van der Waals surface area contributed by atoms with Crippen LogP contribution in [0.3, 0.4) is 0 Å². The molecule has 1 heterocycles. The van der Waals surface area contributed by atoms with Crippen molar-refractivity contribution in [1.29, 1.82) is 5.26 Å². The lowest BCUT2D eigenvalue weighted by molar-refractivity contribution is 0.137. The van der Waals surface area contributed by atoms with Gasteiger partial charge in [-0.15, -0.1) is 0 Å². The molecular formula is C20H22N4O3S. The molecule has 1 N–H and O–H groups in total. The van der Waals surface area contributed by atoms with Crippen LogP contribution in [-0.4, -0.2) is 30.5 Å². The summed E-state index contributed by atoms with van der Waals surface area (Å²) >= 11 is 0. The standard InChI is InChI=1S/C20H22N4O3S/c1-15-2-4-16(5-3-15)10-13-28(25,26)24-17-6-8-18(9-7-17)27-20-19(14-21)22-11-12-23-20/h2-5,10-13,17-18,24H,6-9H2,1H3/b13-10+. The summed E-state index contributed by atoms with van der Waals surface area (Å²) in [7, 11) is -3.51. The molecule has 3 rings (SSSR count). The van der Waals surface area contributed by atoms with E-state index in [2.05, 4.69) is 14.7 Å².